The van der Waals surface area contributed by atoms with Gasteiger partial charge in [-0.1, -0.05) is 35.3 Å². The fourth-order valence-corrected chi connectivity index (χ4v) is 3.31. The van der Waals surface area contributed by atoms with Crippen LogP contribution in [0.1, 0.15) is 10.4 Å². The maximum atomic E-state index is 11.7. The van der Waals surface area contributed by atoms with Crippen molar-refractivity contribution in [1.29, 1.82) is 0 Å². The summed E-state index contributed by atoms with van der Waals surface area (Å²) in [6.07, 6.45) is 0. The zero-order valence-corrected chi connectivity index (χ0v) is 13.7. The summed E-state index contributed by atoms with van der Waals surface area (Å²) in [5, 5.41) is 5.99. The number of halogens is 2. The summed E-state index contributed by atoms with van der Waals surface area (Å²) in [5.41, 5.74) is 1.07. The van der Waals surface area contributed by atoms with E-state index in [4.69, 9.17) is 23.2 Å². The van der Waals surface area contributed by atoms with Crippen LogP contribution >= 0.6 is 46.3 Å². The van der Waals surface area contributed by atoms with Crippen molar-refractivity contribution in [2.75, 3.05) is 5.75 Å². The normalized spacial score (nSPS) is 10.5. The molecule has 2 rings (SSSR count). The molecule has 0 unspecified atom stereocenters. The molecule has 0 aliphatic carbocycles. The van der Waals surface area contributed by atoms with Crippen LogP contribution in [0.25, 0.3) is 0 Å². The number of hydrogen-bond acceptors (Lipinski definition) is 3. The number of thioether (sulfide) groups is 1. The monoisotopic (exact) mass is 345 g/mol. The Kier molecular flexibility index (Phi) is 6.23. The highest BCUT2D eigenvalue weighted by molar-refractivity contribution is 7.99. The first kappa shape index (κ1) is 15.7. The third-order valence-corrected chi connectivity index (χ3v) is 5.14. The predicted octanol–water partition coefficient (Wildman–Crippen LogP) is 4.60. The van der Waals surface area contributed by atoms with Crippen molar-refractivity contribution in [3.8, 4) is 0 Å². The summed E-state index contributed by atoms with van der Waals surface area (Å²) in [6.45, 7) is 0.601. The quantitative estimate of drug-likeness (QED) is 0.828. The zero-order valence-electron chi connectivity index (χ0n) is 10.6. The summed E-state index contributed by atoms with van der Waals surface area (Å²) in [4.78, 5) is 12.8. The number of rotatable bonds is 6. The molecule has 6 heteroatoms. The van der Waals surface area contributed by atoms with Crippen LogP contribution in [0.15, 0.2) is 35.7 Å². The molecular weight excluding hydrogens is 333 g/mol. The van der Waals surface area contributed by atoms with Crippen molar-refractivity contribution in [2.45, 2.75) is 12.3 Å². The van der Waals surface area contributed by atoms with Gasteiger partial charge in [-0.2, -0.15) is 0 Å². The molecule has 1 aromatic heterocycles. The summed E-state index contributed by atoms with van der Waals surface area (Å²) in [5.74, 6) is 1.22. The Labute approximate surface area is 136 Å². The topological polar surface area (TPSA) is 29.1 Å². The molecule has 0 saturated heterocycles. The van der Waals surface area contributed by atoms with Crippen LogP contribution in [-0.4, -0.2) is 11.7 Å². The molecule has 0 saturated carbocycles. The first-order chi connectivity index (χ1) is 9.65. The van der Waals surface area contributed by atoms with E-state index in [1.807, 2.05) is 29.6 Å². The second-order valence-corrected chi connectivity index (χ2v) is 6.93. The average Bonchev–Trinajstić information content (AvgIpc) is 2.94. The molecule has 1 amide bonds. The van der Waals surface area contributed by atoms with E-state index in [1.165, 1.54) is 0 Å². The van der Waals surface area contributed by atoms with Crippen LogP contribution < -0.4 is 5.32 Å². The predicted molar refractivity (Wildman–Crippen MR) is 88.8 cm³/mol. The second kappa shape index (κ2) is 7.93. The highest BCUT2D eigenvalue weighted by Gasteiger charge is 2.04. The van der Waals surface area contributed by atoms with E-state index in [2.05, 4.69) is 5.32 Å². The molecule has 106 valence electrons. The smallest absolute Gasteiger partial charge is 0.230 e. The molecule has 0 radical (unpaired) electrons. The molecule has 0 aliphatic heterocycles. The number of thiophene rings is 1. The van der Waals surface area contributed by atoms with Gasteiger partial charge in [-0.3, -0.25) is 4.79 Å². The van der Waals surface area contributed by atoms with E-state index in [-0.39, 0.29) is 5.91 Å². The van der Waals surface area contributed by atoms with Gasteiger partial charge in [0.25, 0.3) is 0 Å². The molecule has 2 aromatic rings. The van der Waals surface area contributed by atoms with E-state index in [0.29, 0.717) is 22.3 Å². The summed E-state index contributed by atoms with van der Waals surface area (Å²) >= 11 is 15.0. The zero-order chi connectivity index (χ0) is 14.4. The van der Waals surface area contributed by atoms with Crippen LogP contribution in [0, 0.1) is 0 Å². The SMILES string of the molecule is O=C(CSCc1ccc(Cl)c(Cl)c1)NCc1cccs1. The first-order valence-electron chi connectivity index (χ1n) is 5.96. The van der Waals surface area contributed by atoms with Crippen LogP contribution in [-0.2, 0) is 17.1 Å². The van der Waals surface area contributed by atoms with E-state index >= 15 is 0 Å². The molecule has 2 nitrogen and oxygen atoms in total. The molecular formula is C14H13Cl2NOS2. The van der Waals surface area contributed by atoms with Gasteiger partial charge in [-0.05, 0) is 29.1 Å². The van der Waals surface area contributed by atoms with E-state index in [9.17, 15) is 4.79 Å². The van der Waals surface area contributed by atoms with Gasteiger partial charge in [-0.25, -0.2) is 0 Å². The van der Waals surface area contributed by atoms with Crippen LogP contribution in [0.4, 0.5) is 0 Å². The number of benzene rings is 1. The van der Waals surface area contributed by atoms with Crippen molar-refractivity contribution in [3.63, 3.8) is 0 Å². The molecule has 1 heterocycles. The molecule has 1 aromatic carbocycles. The van der Waals surface area contributed by atoms with Crippen molar-refractivity contribution in [3.05, 3.63) is 56.2 Å². The Morgan fingerprint density at radius 3 is 2.80 bits per heavy atom. The van der Waals surface area contributed by atoms with E-state index in [0.717, 1.165) is 16.2 Å². The van der Waals surface area contributed by atoms with Gasteiger partial charge in [0.1, 0.15) is 0 Å². The number of nitrogens with one attached hydrogen (secondary N) is 1. The standard InChI is InChI=1S/C14H13Cl2NOS2/c15-12-4-3-10(6-13(12)16)8-19-9-14(18)17-7-11-2-1-5-20-11/h1-6H,7-9H2,(H,17,18). The molecule has 1 N–H and O–H groups in total. The lowest BCUT2D eigenvalue weighted by Gasteiger charge is -2.05. The number of carbonyl (C=O) groups excluding carboxylic acids is 1. The van der Waals surface area contributed by atoms with Gasteiger partial charge < -0.3 is 5.32 Å². The number of amides is 1. The van der Waals surface area contributed by atoms with Crippen molar-refractivity contribution >= 4 is 52.2 Å². The van der Waals surface area contributed by atoms with Gasteiger partial charge in [-0.15, -0.1) is 23.1 Å². The van der Waals surface area contributed by atoms with Gasteiger partial charge in [0.05, 0.1) is 22.3 Å². The Morgan fingerprint density at radius 2 is 2.10 bits per heavy atom. The largest absolute Gasteiger partial charge is 0.350 e. The lowest BCUT2D eigenvalue weighted by molar-refractivity contribution is -0.118. The highest BCUT2D eigenvalue weighted by Crippen LogP contribution is 2.24. The highest BCUT2D eigenvalue weighted by atomic mass is 35.5. The summed E-state index contributed by atoms with van der Waals surface area (Å²) < 4.78 is 0. The minimum atomic E-state index is 0.0449. The average molecular weight is 346 g/mol. The summed E-state index contributed by atoms with van der Waals surface area (Å²) in [6, 6.07) is 9.51. The Bertz CT molecular complexity index is 573. The van der Waals surface area contributed by atoms with Gasteiger partial charge in [0, 0.05) is 10.6 Å². The van der Waals surface area contributed by atoms with Crippen LogP contribution in [0.2, 0.25) is 10.0 Å². The molecule has 0 fully saturated rings. The van der Waals surface area contributed by atoms with Crippen LogP contribution in [0.5, 0.6) is 0 Å². The maximum absolute atomic E-state index is 11.7. The molecule has 0 atom stereocenters. The Balaban J connectivity index is 1.69. The lowest BCUT2D eigenvalue weighted by atomic mass is 10.2. The first-order valence-corrected chi connectivity index (χ1v) is 8.75. The molecule has 0 aliphatic rings. The number of carbonyl (C=O) groups is 1. The minimum Gasteiger partial charge on any atom is -0.350 e. The second-order valence-electron chi connectivity index (χ2n) is 4.10. The Morgan fingerprint density at radius 1 is 1.25 bits per heavy atom. The molecule has 0 bridgehead atoms. The van der Waals surface area contributed by atoms with Gasteiger partial charge in [0.15, 0.2) is 0 Å². The molecule has 0 spiro atoms. The third kappa shape index (κ3) is 5.02. The Hall–Kier alpha value is -0.680. The lowest BCUT2D eigenvalue weighted by Crippen LogP contribution is -2.24. The van der Waals surface area contributed by atoms with Crippen LogP contribution in [0.3, 0.4) is 0 Å². The number of hydrogen-bond donors (Lipinski definition) is 1. The van der Waals surface area contributed by atoms with Gasteiger partial charge >= 0.3 is 0 Å². The van der Waals surface area contributed by atoms with E-state index in [1.54, 1.807) is 29.2 Å². The van der Waals surface area contributed by atoms with Crippen molar-refractivity contribution in [1.82, 2.24) is 5.32 Å². The maximum Gasteiger partial charge on any atom is 0.230 e. The van der Waals surface area contributed by atoms with Crippen molar-refractivity contribution < 1.29 is 4.79 Å². The van der Waals surface area contributed by atoms with Gasteiger partial charge in [0.2, 0.25) is 5.91 Å². The molecule has 20 heavy (non-hydrogen) atoms. The fraction of sp³-hybridized carbons (Fsp3) is 0.214. The minimum absolute atomic E-state index is 0.0449. The third-order valence-electron chi connectivity index (χ3n) is 2.53. The fourth-order valence-electron chi connectivity index (χ4n) is 1.54. The van der Waals surface area contributed by atoms with Crippen molar-refractivity contribution in [2.24, 2.45) is 0 Å². The summed E-state index contributed by atoms with van der Waals surface area (Å²) in [7, 11) is 0. The van der Waals surface area contributed by atoms with E-state index < -0.39 is 0 Å².